The normalized spacial score (nSPS) is 12.7. The van der Waals surface area contributed by atoms with E-state index in [-0.39, 0.29) is 18.5 Å². The maximum Gasteiger partial charge on any atom is 0.433 e. The second-order valence-corrected chi connectivity index (χ2v) is 5.78. The van der Waals surface area contributed by atoms with Crippen LogP contribution in [0.15, 0.2) is 12.1 Å². The fraction of sp³-hybridized carbons (Fsp3) is 0.500. The lowest BCUT2D eigenvalue weighted by atomic mass is 10.3. The fourth-order valence-corrected chi connectivity index (χ4v) is 3.21. The summed E-state index contributed by atoms with van der Waals surface area (Å²) in [6.07, 6.45) is -4.69. The Bertz CT molecular complexity index is 485. The van der Waals surface area contributed by atoms with E-state index in [9.17, 15) is 17.7 Å². The Balaban J connectivity index is 3.32. The monoisotopic (exact) mass is 317 g/mol. The lowest BCUT2D eigenvalue weighted by Crippen LogP contribution is -2.17. The number of hydrogen-bond donors (Lipinski definition) is 0. The van der Waals surface area contributed by atoms with Crippen LogP contribution in [-0.2, 0) is 19.8 Å². The van der Waals surface area contributed by atoms with Gasteiger partial charge in [-0.1, -0.05) is 11.6 Å². The molecule has 0 radical (unpaired) electrons. The van der Waals surface area contributed by atoms with Crippen molar-refractivity contribution in [2.75, 3.05) is 13.2 Å². The van der Waals surface area contributed by atoms with Gasteiger partial charge in [-0.15, -0.1) is 0 Å². The summed E-state index contributed by atoms with van der Waals surface area (Å²) < 4.78 is 60.1. The molecule has 0 atom stereocenters. The minimum absolute atomic E-state index is 0.0264. The first-order chi connectivity index (χ1) is 8.73. The van der Waals surface area contributed by atoms with Gasteiger partial charge in [0, 0.05) is 0 Å². The molecule has 1 rings (SSSR count). The minimum Gasteiger partial charge on any atom is -0.305 e. The average molecular weight is 318 g/mol. The highest BCUT2D eigenvalue weighted by Gasteiger charge is 2.36. The SMILES string of the molecule is CCOP(=O)(OCC)c1cc(Cl)nc(C(F)(F)F)c1. The van der Waals surface area contributed by atoms with Gasteiger partial charge >= 0.3 is 13.8 Å². The smallest absolute Gasteiger partial charge is 0.305 e. The number of aromatic nitrogens is 1. The molecule has 0 aromatic carbocycles. The second kappa shape index (κ2) is 6.22. The average Bonchev–Trinajstić information content (AvgIpc) is 2.27. The first-order valence-corrected chi connectivity index (χ1v) is 7.29. The summed E-state index contributed by atoms with van der Waals surface area (Å²) in [5.41, 5.74) is -1.24. The van der Waals surface area contributed by atoms with E-state index in [2.05, 4.69) is 4.98 Å². The third-order valence-corrected chi connectivity index (χ3v) is 4.26. The van der Waals surface area contributed by atoms with Gasteiger partial charge in [0.25, 0.3) is 0 Å². The second-order valence-electron chi connectivity index (χ2n) is 3.36. The van der Waals surface area contributed by atoms with Gasteiger partial charge in [-0.25, -0.2) is 4.98 Å². The molecule has 0 bridgehead atoms. The predicted octanol–water partition coefficient (Wildman–Crippen LogP) is 3.65. The Labute approximate surface area is 113 Å². The van der Waals surface area contributed by atoms with E-state index < -0.39 is 24.6 Å². The van der Waals surface area contributed by atoms with Crippen molar-refractivity contribution in [3.05, 3.63) is 23.0 Å². The van der Waals surface area contributed by atoms with Crippen LogP contribution in [-0.4, -0.2) is 18.2 Å². The van der Waals surface area contributed by atoms with Crippen molar-refractivity contribution in [2.45, 2.75) is 20.0 Å². The van der Waals surface area contributed by atoms with Crippen LogP contribution in [0.3, 0.4) is 0 Å². The molecule has 19 heavy (non-hydrogen) atoms. The molecule has 4 nitrogen and oxygen atoms in total. The molecule has 1 aromatic rings. The first kappa shape index (κ1) is 16.4. The third-order valence-electron chi connectivity index (χ3n) is 1.98. The lowest BCUT2D eigenvalue weighted by Gasteiger charge is -2.18. The Morgan fingerprint density at radius 1 is 1.26 bits per heavy atom. The van der Waals surface area contributed by atoms with Gasteiger partial charge < -0.3 is 9.05 Å². The van der Waals surface area contributed by atoms with Crippen molar-refractivity contribution in [3.63, 3.8) is 0 Å². The van der Waals surface area contributed by atoms with E-state index in [1.165, 1.54) is 0 Å². The van der Waals surface area contributed by atoms with Crippen molar-refractivity contribution >= 4 is 24.5 Å². The quantitative estimate of drug-likeness (QED) is 0.614. The van der Waals surface area contributed by atoms with Crippen LogP contribution in [0.1, 0.15) is 19.5 Å². The number of alkyl halides is 3. The van der Waals surface area contributed by atoms with Crippen LogP contribution < -0.4 is 5.30 Å². The summed E-state index contributed by atoms with van der Waals surface area (Å²) in [5, 5.41) is -0.687. The molecule has 0 spiro atoms. The zero-order valence-corrected chi connectivity index (χ0v) is 11.9. The maximum atomic E-state index is 12.6. The van der Waals surface area contributed by atoms with Crippen LogP contribution >= 0.6 is 19.2 Å². The standard InChI is InChI=1S/C10H12ClF3NO3P/c1-3-17-19(16,18-4-2)7-5-8(10(12,13)14)15-9(11)6-7/h5-6H,3-4H2,1-2H3. The van der Waals surface area contributed by atoms with Gasteiger partial charge in [0.15, 0.2) is 0 Å². The molecule has 0 amide bonds. The number of nitrogens with zero attached hydrogens (tertiary/aromatic N) is 1. The summed E-state index contributed by atoms with van der Waals surface area (Å²) in [6, 6.07) is 1.67. The van der Waals surface area contributed by atoms with E-state index >= 15 is 0 Å². The van der Waals surface area contributed by atoms with Crippen LogP contribution in [0.5, 0.6) is 0 Å². The molecular weight excluding hydrogens is 306 g/mol. The summed E-state index contributed by atoms with van der Waals surface area (Å²) in [4.78, 5) is 3.15. The van der Waals surface area contributed by atoms with Crippen molar-refractivity contribution in [1.29, 1.82) is 0 Å². The van der Waals surface area contributed by atoms with Gasteiger partial charge in [0.05, 0.1) is 18.5 Å². The number of halogens is 4. The fourth-order valence-electron chi connectivity index (χ4n) is 1.31. The van der Waals surface area contributed by atoms with Crippen LogP contribution in [0.4, 0.5) is 13.2 Å². The van der Waals surface area contributed by atoms with E-state index in [4.69, 9.17) is 20.6 Å². The maximum absolute atomic E-state index is 12.6. The van der Waals surface area contributed by atoms with Gasteiger partial charge in [0.2, 0.25) is 0 Å². The summed E-state index contributed by atoms with van der Waals surface area (Å²) >= 11 is 5.52. The molecule has 0 N–H and O–H groups in total. The topological polar surface area (TPSA) is 48.4 Å². The molecule has 1 heterocycles. The lowest BCUT2D eigenvalue weighted by molar-refractivity contribution is -0.141. The zero-order chi connectivity index (χ0) is 14.7. The minimum atomic E-state index is -4.69. The summed E-state index contributed by atoms with van der Waals surface area (Å²) in [5.74, 6) is 0. The van der Waals surface area contributed by atoms with E-state index in [0.717, 1.165) is 6.07 Å². The number of hydrogen-bond acceptors (Lipinski definition) is 4. The molecular formula is C10H12ClF3NO3P. The molecule has 0 aliphatic carbocycles. The number of pyridine rings is 1. The van der Waals surface area contributed by atoms with E-state index in [0.29, 0.717) is 6.07 Å². The van der Waals surface area contributed by atoms with Crippen LogP contribution in [0.25, 0.3) is 0 Å². The Hall–Kier alpha value is -0.620. The summed E-state index contributed by atoms with van der Waals surface area (Å²) in [7, 11) is -3.82. The van der Waals surface area contributed by atoms with Gasteiger partial charge in [-0.2, -0.15) is 13.2 Å². The van der Waals surface area contributed by atoms with Gasteiger partial charge in [-0.3, -0.25) is 4.57 Å². The Morgan fingerprint density at radius 2 is 1.79 bits per heavy atom. The molecule has 1 aromatic heterocycles. The van der Waals surface area contributed by atoms with Crippen molar-refractivity contribution < 1.29 is 26.8 Å². The summed E-state index contributed by atoms with van der Waals surface area (Å²) in [6.45, 7) is 3.16. The highest BCUT2D eigenvalue weighted by Crippen LogP contribution is 2.47. The van der Waals surface area contributed by atoms with Crippen LogP contribution in [0.2, 0.25) is 5.15 Å². The van der Waals surface area contributed by atoms with Crippen molar-refractivity contribution in [1.82, 2.24) is 4.98 Å². The van der Waals surface area contributed by atoms with E-state index in [1.807, 2.05) is 0 Å². The first-order valence-electron chi connectivity index (χ1n) is 5.37. The molecule has 0 unspecified atom stereocenters. The predicted molar refractivity (Wildman–Crippen MR) is 64.7 cm³/mol. The Morgan fingerprint density at radius 3 is 2.21 bits per heavy atom. The molecule has 0 aliphatic rings. The van der Waals surface area contributed by atoms with E-state index in [1.54, 1.807) is 13.8 Å². The molecule has 9 heteroatoms. The number of rotatable bonds is 5. The Kier molecular flexibility index (Phi) is 5.38. The molecule has 0 aliphatic heterocycles. The molecule has 0 saturated heterocycles. The van der Waals surface area contributed by atoms with Gasteiger partial charge in [-0.05, 0) is 26.0 Å². The molecule has 0 saturated carbocycles. The largest absolute Gasteiger partial charge is 0.433 e. The molecule has 108 valence electrons. The van der Waals surface area contributed by atoms with Crippen molar-refractivity contribution in [2.24, 2.45) is 0 Å². The highest BCUT2D eigenvalue weighted by molar-refractivity contribution is 7.62. The zero-order valence-electron chi connectivity index (χ0n) is 10.2. The van der Waals surface area contributed by atoms with Gasteiger partial charge in [0.1, 0.15) is 10.8 Å². The van der Waals surface area contributed by atoms with Crippen molar-refractivity contribution in [3.8, 4) is 0 Å². The third kappa shape index (κ3) is 4.18. The molecule has 0 fully saturated rings. The van der Waals surface area contributed by atoms with Crippen LogP contribution in [0, 0.1) is 0 Å². The highest BCUT2D eigenvalue weighted by atomic mass is 35.5.